The summed E-state index contributed by atoms with van der Waals surface area (Å²) in [6.45, 7) is 2.03. The molecule has 0 aliphatic rings. The predicted octanol–water partition coefficient (Wildman–Crippen LogP) is 3.00. The van der Waals surface area contributed by atoms with Gasteiger partial charge in [0.25, 0.3) is 0 Å². The molecule has 23 heavy (non-hydrogen) atoms. The van der Waals surface area contributed by atoms with Crippen LogP contribution in [0.4, 0.5) is 5.69 Å². The Morgan fingerprint density at radius 3 is 2.00 bits per heavy atom. The van der Waals surface area contributed by atoms with Crippen LogP contribution in [-0.2, 0) is 12.8 Å². The molecule has 2 N–H and O–H groups in total. The van der Waals surface area contributed by atoms with Gasteiger partial charge >= 0.3 is 0 Å². The van der Waals surface area contributed by atoms with E-state index in [0.717, 1.165) is 43.1 Å². The van der Waals surface area contributed by atoms with E-state index in [1.54, 1.807) is 14.2 Å². The van der Waals surface area contributed by atoms with Crippen LogP contribution >= 0.6 is 0 Å². The van der Waals surface area contributed by atoms with E-state index in [1.807, 2.05) is 24.3 Å². The first-order valence-corrected chi connectivity index (χ1v) is 7.86. The van der Waals surface area contributed by atoms with Gasteiger partial charge in [-0.25, -0.2) is 0 Å². The highest BCUT2D eigenvalue weighted by molar-refractivity contribution is 5.43. The molecular formula is C19H26N2O2. The molecule has 0 amide bonds. The van der Waals surface area contributed by atoms with Crippen LogP contribution in [0, 0.1) is 0 Å². The van der Waals surface area contributed by atoms with Crippen LogP contribution in [0.2, 0.25) is 0 Å². The minimum atomic E-state index is 0.771. The van der Waals surface area contributed by atoms with Gasteiger partial charge in [0.2, 0.25) is 0 Å². The van der Waals surface area contributed by atoms with Crippen molar-refractivity contribution in [3.8, 4) is 11.5 Å². The van der Waals surface area contributed by atoms with E-state index in [2.05, 4.69) is 30.1 Å². The molecule has 0 saturated heterocycles. The molecule has 4 nitrogen and oxygen atoms in total. The number of anilines is 1. The van der Waals surface area contributed by atoms with E-state index in [9.17, 15) is 0 Å². The van der Waals surface area contributed by atoms with Crippen molar-refractivity contribution in [2.24, 2.45) is 0 Å². The number of nitrogens with two attached hydrogens (primary N) is 1. The Balaban J connectivity index is 1.82. The van der Waals surface area contributed by atoms with E-state index >= 15 is 0 Å². The fourth-order valence-corrected chi connectivity index (χ4v) is 2.47. The summed E-state index contributed by atoms with van der Waals surface area (Å²) < 4.78 is 10.6. The van der Waals surface area contributed by atoms with E-state index in [4.69, 9.17) is 15.2 Å². The monoisotopic (exact) mass is 314 g/mol. The van der Waals surface area contributed by atoms with E-state index in [1.165, 1.54) is 11.1 Å². The molecule has 4 heteroatoms. The van der Waals surface area contributed by atoms with Crippen molar-refractivity contribution >= 4 is 5.69 Å². The quantitative estimate of drug-likeness (QED) is 0.761. The van der Waals surface area contributed by atoms with Crippen molar-refractivity contribution in [3.63, 3.8) is 0 Å². The highest BCUT2D eigenvalue weighted by Gasteiger charge is 2.06. The molecule has 124 valence electrons. The normalized spacial score (nSPS) is 10.8. The van der Waals surface area contributed by atoms with Crippen LogP contribution in [0.1, 0.15) is 11.1 Å². The average Bonchev–Trinajstić information content (AvgIpc) is 2.59. The Hall–Kier alpha value is -2.20. The molecule has 0 atom stereocenters. The Morgan fingerprint density at radius 1 is 0.826 bits per heavy atom. The molecule has 0 saturated carbocycles. The predicted molar refractivity (Wildman–Crippen MR) is 95.3 cm³/mol. The first kappa shape index (κ1) is 17.2. The molecule has 0 radical (unpaired) electrons. The molecule has 0 aromatic heterocycles. The second-order valence-electron chi connectivity index (χ2n) is 5.73. The fraction of sp³-hybridized carbons (Fsp3) is 0.368. The van der Waals surface area contributed by atoms with Crippen LogP contribution in [0.25, 0.3) is 0 Å². The van der Waals surface area contributed by atoms with Gasteiger partial charge in [0.15, 0.2) is 11.5 Å². The lowest BCUT2D eigenvalue weighted by atomic mass is 10.1. The largest absolute Gasteiger partial charge is 0.493 e. The summed E-state index contributed by atoms with van der Waals surface area (Å²) in [5, 5.41) is 0. The van der Waals surface area contributed by atoms with Crippen molar-refractivity contribution in [1.82, 2.24) is 4.90 Å². The van der Waals surface area contributed by atoms with Gasteiger partial charge < -0.3 is 20.1 Å². The van der Waals surface area contributed by atoms with E-state index in [-0.39, 0.29) is 0 Å². The summed E-state index contributed by atoms with van der Waals surface area (Å²) in [5.74, 6) is 1.56. The number of benzene rings is 2. The molecule has 0 fully saturated rings. The van der Waals surface area contributed by atoms with Crippen LogP contribution in [0.15, 0.2) is 42.5 Å². The highest BCUT2D eigenvalue weighted by atomic mass is 16.5. The zero-order valence-electron chi connectivity index (χ0n) is 14.2. The third kappa shape index (κ3) is 5.18. The van der Waals surface area contributed by atoms with Gasteiger partial charge in [0, 0.05) is 18.8 Å². The molecule has 0 spiro atoms. The van der Waals surface area contributed by atoms with Crippen LogP contribution in [0.3, 0.4) is 0 Å². The van der Waals surface area contributed by atoms with Gasteiger partial charge in [0.1, 0.15) is 0 Å². The number of likely N-dealkylation sites (N-methyl/N-ethyl adjacent to an activating group) is 1. The first-order valence-electron chi connectivity index (χ1n) is 7.86. The minimum Gasteiger partial charge on any atom is -0.493 e. The SMILES string of the molecule is COc1ccc(CCN(C)CCc2ccc(N)cc2)cc1OC. The van der Waals surface area contributed by atoms with Crippen LogP contribution in [0.5, 0.6) is 11.5 Å². The maximum atomic E-state index is 5.71. The van der Waals surface area contributed by atoms with Gasteiger partial charge in [-0.3, -0.25) is 0 Å². The Bertz CT molecular complexity index is 611. The summed E-state index contributed by atoms with van der Waals surface area (Å²) in [5.41, 5.74) is 9.09. The van der Waals surface area contributed by atoms with E-state index < -0.39 is 0 Å². The number of hydrogen-bond acceptors (Lipinski definition) is 4. The fourth-order valence-electron chi connectivity index (χ4n) is 2.47. The third-order valence-electron chi connectivity index (χ3n) is 3.99. The lowest BCUT2D eigenvalue weighted by molar-refractivity contribution is 0.340. The molecule has 0 heterocycles. The molecule has 0 aliphatic carbocycles. The highest BCUT2D eigenvalue weighted by Crippen LogP contribution is 2.27. The molecule has 0 bridgehead atoms. The second-order valence-corrected chi connectivity index (χ2v) is 5.73. The van der Waals surface area contributed by atoms with Crippen molar-refractivity contribution in [2.75, 3.05) is 40.1 Å². The third-order valence-corrected chi connectivity index (χ3v) is 3.99. The second kappa shape index (κ2) is 8.44. The number of ether oxygens (including phenoxy) is 2. The summed E-state index contributed by atoms with van der Waals surface area (Å²) in [6.07, 6.45) is 2.02. The number of hydrogen-bond donors (Lipinski definition) is 1. The standard InChI is InChI=1S/C19H26N2O2/c1-21(12-10-15-4-7-17(20)8-5-15)13-11-16-6-9-18(22-2)19(14-16)23-3/h4-9,14H,10-13,20H2,1-3H3. The van der Waals surface area contributed by atoms with Gasteiger partial charge in [-0.2, -0.15) is 0 Å². The lowest BCUT2D eigenvalue weighted by Gasteiger charge is -2.17. The van der Waals surface area contributed by atoms with Crippen molar-refractivity contribution < 1.29 is 9.47 Å². The molecule has 2 aromatic carbocycles. The topological polar surface area (TPSA) is 47.7 Å². The molecule has 0 aliphatic heterocycles. The minimum absolute atomic E-state index is 0.771. The summed E-state index contributed by atoms with van der Waals surface area (Å²) in [7, 11) is 5.47. The maximum absolute atomic E-state index is 5.71. The lowest BCUT2D eigenvalue weighted by Crippen LogP contribution is -2.23. The summed E-state index contributed by atoms with van der Waals surface area (Å²) in [4.78, 5) is 2.34. The number of nitrogens with zero attached hydrogens (tertiary/aromatic N) is 1. The van der Waals surface area contributed by atoms with Crippen LogP contribution < -0.4 is 15.2 Å². The molecule has 2 aromatic rings. The maximum Gasteiger partial charge on any atom is 0.160 e. The zero-order valence-corrected chi connectivity index (χ0v) is 14.2. The zero-order chi connectivity index (χ0) is 16.7. The van der Waals surface area contributed by atoms with Crippen molar-refractivity contribution in [1.29, 1.82) is 0 Å². The Morgan fingerprint density at radius 2 is 1.39 bits per heavy atom. The summed E-state index contributed by atoms with van der Waals surface area (Å²) >= 11 is 0. The van der Waals surface area contributed by atoms with Crippen LogP contribution in [-0.4, -0.2) is 39.3 Å². The Labute approximate surface area is 138 Å². The van der Waals surface area contributed by atoms with Gasteiger partial charge in [-0.15, -0.1) is 0 Å². The van der Waals surface area contributed by atoms with Crippen molar-refractivity contribution in [3.05, 3.63) is 53.6 Å². The smallest absolute Gasteiger partial charge is 0.160 e. The first-order chi connectivity index (χ1) is 11.1. The number of rotatable bonds is 8. The Kier molecular flexibility index (Phi) is 6.29. The molecule has 2 rings (SSSR count). The van der Waals surface area contributed by atoms with E-state index in [0.29, 0.717) is 0 Å². The average molecular weight is 314 g/mol. The summed E-state index contributed by atoms with van der Waals surface area (Å²) in [6, 6.07) is 14.2. The van der Waals surface area contributed by atoms with Gasteiger partial charge in [-0.05, 0) is 55.3 Å². The van der Waals surface area contributed by atoms with Crippen molar-refractivity contribution in [2.45, 2.75) is 12.8 Å². The number of nitrogen functional groups attached to an aromatic ring is 1. The van der Waals surface area contributed by atoms with Gasteiger partial charge in [0.05, 0.1) is 14.2 Å². The molecular weight excluding hydrogens is 288 g/mol. The molecule has 0 unspecified atom stereocenters. The number of methoxy groups -OCH3 is 2. The van der Waals surface area contributed by atoms with Gasteiger partial charge in [-0.1, -0.05) is 18.2 Å².